The molecule has 0 bridgehead atoms. The maximum absolute atomic E-state index is 12.6. The Balaban J connectivity index is 1.27. The zero-order valence-electron chi connectivity index (χ0n) is 16.6. The minimum atomic E-state index is -0.288. The molecule has 0 spiro atoms. The minimum Gasteiger partial charge on any atom is -0.368 e. The number of rotatable bonds is 4. The van der Waals surface area contributed by atoms with Gasteiger partial charge < -0.3 is 19.9 Å². The highest BCUT2D eigenvalue weighted by atomic mass is 32.1. The number of piperazine rings is 1. The number of carbonyl (C=O) groups excluding carboxylic acids is 2. The summed E-state index contributed by atoms with van der Waals surface area (Å²) in [4.78, 5) is 34.3. The second-order valence-electron chi connectivity index (χ2n) is 7.37. The largest absolute Gasteiger partial charge is 0.368 e. The summed E-state index contributed by atoms with van der Waals surface area (Å²) in [6.07, 6.45) is 1.46. The van der Waals surface area contributed by atoms with E-state index in [1.807, 2.05) is 42.2 Å². The summed E-state index contributed by atoms with van der Waals surface area (Å²) in [5, 5.41) is 3.97. The quantitative estimate of drug-likeness (QED) is 0.835. The van der Waals surface area contributed by atoms with E-state index in [1.54, 1.807) is 16.2 Å². The third-order valence-electron chi connectivity index (χ3n) is 5.40. The molecular formula is C21H26N4O3S. The van der Waals surface area contributed by atoms with Crippen molar-refractivity contribution in [2.75, 3.05) is 32.8 Å². The smallest absolute Gasteiger partial charge is 0.317 e. The Morgan fingerprint density at radius 2 is 1.90 bits per heavy atom. The van der Waals surface area contributed by atoms with Gasteiger partial charge in [-0.25, -0.2) is 9.78 Å². The van der Waals surface area contributed by atoms with E-state index in [-0.39, 0.29) is 18.0 Å². The van der Waals surface area contributed by atoms with Crippen LogP contribution in [-0.4, -0.2) is 65.6 Å². The van der Waals surface area contributed by atoms with Crippen molar-refractivity contribution >= 4 is 23.3 Å². The van der Waals surface area contributed by atoms with Crippen LogP contribution < -0.4 is 5.32 Å². The minimum absolute atomic E-state index is 0.0660. The number of hydrogen-bond donors (Lipinski definition) is 1. The maximum Gasteiger partial charge on any atom is 0.317 e. The van der Waals surface area contributed by atoms with Crippen molar-refractivity contribution in [2.24, 2.45) is 0 Å². The molecule has 1 atom stereocenters. The number of amides is 3. The molecule has 2 saturated heterocycles. The number of aryl methyl sites for hydroxylation is 1. The van der Waals surface area contributed by atoms with Gasteiger partial charge in [-0.15, -0.1) is 11.3 Å². The molecule has 3 amide bonds. The molecule has 1 aromatic carbocycles. The zero-order valence-corrected chi connectivity index (χ0v) is 17.4. The maximum atomic E-state index is 12.6. The number of ether oxygens (including phenoxy) is 1. The summed E-state index contributed by atoms with van der Waals surface area (Å²) in [6, 6.07) is 9.96. The van der Waals surface area contributed by atoms with Gasteiger partial charge in [0.25, 0.3) is 5.91 Å². The molecule has 1 unspecified atom stereocenters. The standard InChI is InChI=1S/C21H26N4O3S/c1-15-18(29-19(23-15)16-6-3-2-4-7-16)14-22-21(27)25-11-9-24(10-12-25)20(26)17-8-5-13-28-17/h2-4,6-7,17H,5,8-14H2,1H3,(H,22,27). The van der Waals surface area contributed by atoms with Gasteiger partial charge in [-0.05, 0) is 19.8 Å². The molecule has 29 heavy (non-hydrogen) atoms. The van der Waals surface area contributed by atoms with Gasteiger partial charge in [0, 0.05) is 43.2 Å². The van der Waals surface area contributed by atoms with Crippen LogP contribution in [0.15, 0.2) is 30.3 Å². The average Bonchev–Trinajstić information content (AvgIpc) is 3.42. The Morgan fingerprint density at radius 3 is 2.59 bits per heavy atom. The Kier molecular flexibility index (Phi) is 6.10. The van der Waals surface area contributed by atoms with E-state index >= 15 is 0 Å². The van der Waals surface area contributed by atoms with Crippen LogP contribution in [0.2, 0.25) is 0 Å². The van der Waals surface area contributed by atoms with E-state index in [0.717, 1.165) is 34.0 Å². The summed E-state index contributed by atoms with van der Waals surface area (Å²) >= 11 is 1.61. The Hall–Kier alpha value is -2.45. The highest BCUT2D eigenvalue weighted by molar-refractivity contribution is 7.15. The van der Waals surface area contributed by atoms with E-state index in [2.05, 4.69) is 10.3 Å². The lowest BCUT2D eigenvalue weighted by Gasteiger charge is -2.35. The van der Waals surface area contributed by atoms with Gasteiger partial charge in [0.2, 0.25) is 0 Å². The molecule has 0 radical (unpaired) electrons. The predicted molar refractivity (Wildman–Crippen MR) is 112 cm³/mol. The Labute approximate surface area is 174 Å². The first-order valence-electron chi connectivity index (χ1n) is 10.1. The van der Waals surface area contributed by atoms with Crippen LogP contribution in [0.5, 0.6) is 0 Å². The molecule has 4 rings (SSSR count). The van der Waals surface area contributed by atoms with Gasteiger partial charge in [0.1, 0.15) is 11.1 Å². The Morgan fingerprint density at radius 1 is 1.17 bits per heavy atom. The molecule has 154 valence electrons. The second-order valence-corrected chi connectivity index (χ2v) is 8.45. The SMILES string of the molecule is Cc1nc(-c2ccccc2)sc1CNC(=O)N1CCN(C(=O)C2CCCO2)CC1. The van der Waals surface area contributed by atoms with Crippen LogP contribution >= 0.6 is 11.3 Å². The van der Waals surface area contributed by atoms with Crippen molar-refractivity contribution in [3.05, 3.63) is 40.9 Å². The lowest BCUT2D eigenvalue weighted by atomic mass is 10.2. The van der Waals surface area contributed by atoms with E-state index in [9.17, 15) is 9.59 Å². The number of thiazole rings is 1. The molecular weight excluding hydrogens is 388 g/mol. The first-order chi connectivity index (χ1) is 14.1. The summed E-state index contributed by atoms with van der Waals surface area (Å²) < 4.78 is 5.49. The molecule has 1 aromatic heterocycles. The molecule has 0 aliphatic carbocycles. The first kappa shape index (κ1) is 19.8. The number of carbonyl (C=O) groups is 2. The van der Waals surface area contributed by atoms with Gasteiger partial charge >= 0.3 is 6.03 Å². The van der Waals surface area contributed by atoms with Crippen molar-refractivity contribution < 1.29 is 14.3 Å². The molecule has 3 heterocycles. The summed E-state index contributed by atoms with van der Waals surface area (Å²) in [6.45, 7) is 5.31. The van der Waals surface area contributed by atoms with Gasteiger partial charge in [0.15, 0.2) is 0 Å². The molecule has 8 heteroatoms. The van der Waals surface area contributed by atoms with Crippen LogP contribution in [0.3, 0.4) is 0 Å². The fourth-order valence-electron chi connectivity index (χ4n) is 3.67. The Bertz CT molecular complexity index is 856. The number of nitrogens with one attached hydrogen (secondary N) is 1. The summed E-state index contributed by atoms with van der Waals surface area (Å²) in [5.74, 6) is 0.0660. The van der Waals surface area contributed by atoms with Crippen LogP contribution in [0.1, 0.15) is 23.4 Å². The highest BCUT2D eigenvalue weighted by Gasteiger charge is 2.31. The van der Waals surface area contributed by atoms with Crippen molar-refractivity contribution in [3.63, 3.8) is 0 Å². The number of urea groups is 1. The molecule has 2 aliphatic heterocycles. The van der Waals surface area contributed by atoms with Crippen LogP contribution in [0, 0.1) is 6.92 Å². The zero-order chi connectivity index (χ0) is 20.2. The summed E-state index contributed by atoms with van der Waals surface area (Å²) in [7, 11) is 0. The predicted octanol–water partition coefficient (Wildman–Crippen LogP) is 2.65. The molecule has 2 fully saturated rings. The van der Waals surface area contributed by atoms with Crippen LogP contribution in [-0.2, 0) is 16.1 Å². The number of aromatic nitrogens is 1. The first-order valence-corrected chi connectivity index (χ1v) is 10.9. The normalized spacial score (nSPS) is 19.4. The van der Waals surface area contributed by atoms with E-state index < -0.39 is 0 Å². The lowest BCUT2D eigenvalue weighted by Crippen LogP contribution is -2.54. The monoisotopic (exact) mass is 414 g/mol. The van der Waals surface area contributed by atoms with E-state index in [0.29, 0.717) is 39.3 Å². The van der Waals surface area contributed by atoms with E-state index in [1.165, 1.54) is 0 Å². The number of hydrogen-bond acceptors (Lipinski definition) is 5. The van der Waals surface area contributed by atoms with Crippen molar-refractivity contribution in [3.8, 4) is 10.6 Å². The van der Waals surface area contributed by atoms with Crippen LogP contribution in [0.25, 0.3) is 10.6 Å². The molecule has 2 aromatic rings. The third-order valence-corrected chi connectivity index (χ3v) is 6.60. The van der Waals surface area contributed by atoms with Gasteiger partial charge in [0.05, 0.1) is 12.2 Å². The molecule has 2 aliphatic rings. The topological polar surface area (TPSA) is 74.8 Å². The lowest BCUT2D eigenvalue weighted by molar-refractivity contribution is -0.142. The molecule has 1 N–H and O–H groups in total. The fraction of sp³-hybridized carbons (Fsp3) is 0.476. The highest BCUT2D eigenvalue weighted by Crippen LogP contribution is 2.27. The van der Waals surface area contributed by atoms with Gasteiger partial charge in [-0.3, -0.25) is 4.79 Å². The van der Waals surface area contributed by atoms with Gasteiger partial charge in [-0.1, -0.05) is 30.3 Å². The molecule has 0 saturated carbocycles. The third kappa shape index (κ3) is 4.59. The number of benzene rings is 1. The fourth-order valence-corrected chi connectivity index (χ4v) is 4.68. The second kappa shape index (κ2) is 8.92. The molecule has 7 nitrogen and oxygen atoms in total. The van der Waals surface area contributed by atoms with Crippen molar-refractivity contribution in [2.45, 2.75) is 32.4 Å². The average molecular weight is 415 g/mol. The number of nitrogens with zero attached hydrogens (tertiary/aromatic N) is 3. The van der Waals surface area contributed by atoms with Crippen molar-refractivity contribution in [1.29, 1.82) is 0 Å². The summed E-state index contributed by atoms with van der Waals surface area (Å²) in [5.41, 5.74) is 2.03. The van der Waals surface area contributed by atoms with Crippen molar-refractivity contribution in [1.82, 2.24) is 20.1 Å². The van der Waals surface area contributed by atoms with Crippen LogP contribution in [0.4, 0.5) is 4.79 Å². The van der Waals surface area contributed by atoms with Gasteiger partial charge in [-0.2, -0.15) is 0 Å². The van der Waals surface area contributed by atoms with E-state index in [4.69, 9.17) is 4.74 Å².